The van der Waals surface area contributed by atoms with E-state index in [9.17, 15) is 17.6 Å². The summed E-state index contributed by atoms with van der Waals surface area (Å²) in [5.41, 5.74) is 0.797. The van der Waals surface area contributed by atoms with Crippen LogP contribution in [0.3, 0.4) is 0 Å². The largest absolute Gasteiger partial charge is 0.369 e. The molecule has 7 heteroatoms. The van der Waals surface area contributed by atoms with E-state index in [0.717, 1.165) is 25.9 Å². The van der Waals surface area contributed by atoms with E-state index >= 15 is 0 Å². The van der Waals surface area contributed by atoms with Crippen molar-refractivity contribution in [1.29, 1.82) is 0 Å². The Morgan fingerprint density at radius 2 is 2.00 bits per heavy atom. The summed E-state index contributed by atoms with van der Waals surface area (Å²) in [6.45, 7) is 3.40. The molecule has 0 aromatic heterocycles. The van der Waals surface area contributed by atoms with E-state index < -0.39 is 27.3 Å². The van der Waals surface area contributed by atoms with Gasteiger partial charge in [0, 0.05) is 18.8 Å². The fraction of sp³-hybridized carbons (Fsp3) is 0.533. The SMILES string of the molecule is CCCS(=O)(=O)CC(=O)Nc1ccc(N2CCCC2)c(F)c1. The van der Waals surface area contributed by atoms with Crippen molar-refractivity contribution in [3.8, 4) is 0 Å². The van der Waals surface area contributed by atoms with Crippen molar-refractivity contribution in [3.63, 3.8) is 0 Å². The lowest BCUT2D eigenvalue weighted by molar-refractivity contribution is -0.113. The average molecular weight is 328 g/mol. The van der Waals surface area contributed by atoms with E-state index in [4.69, 9.17) is 0 Å². The second kappa shape index (κ2) is 7.09. The summed E-state index contributed by atoms with van der Waals surface area (Å²) >= 11 is 0. The highest BCUT2D eigenvalue weighted by Gasteiger charge is 2.18. The number of rotatable bonds is 6. The lowest BCUT2D eigenvalue weighted by atomic mass is 10.2. The van der Waals surface area contributed by atoms with Crippen molar-refractivity contribution in [2.45, 2.75) is 26.2 Å². The van der Waals surface area contributed by atoms with E-state index in [1.807, 2.05) is 4.90 Å². The van der Waals surface area contributed by atoms with Gasteiger partial charge in [-0.2, -0.15) is 0 Å². The molecule has 122 valence electrons. The second-order valence-corrected chi connectivity index (χ2v) is 7.68. The Balaban J connectivity index is 2.01. The molecule has 0 spiro atoms. The highest BCUT2D eigenvalue weighted by molar-refractivity contribution is 7.92. The molecule has 5 nitrogen and oxygen atoms in total. The first-order chi connectivity index (χ1) is 10.4. The van der Waals surface area contributed by atoms with Gasteiger partial charge in [-0.05, 0) is 37.5 Å². The molecule has 2 rings (SSSR count). The van der Waals surface area contributed by atoms with Crippen LogP contribution >= 0.6 is 0 Å². The number of hydrogen-bond acceptors (Lipinski definition) is 4. The van der Waals surface area contributed by atoms with Crippen molar-refractivity contribution in [2.24, 2.45) is 0 Å². The molecular weight excluding hydrogens is 307 g/mol. The molecule has 1 aliphatic rings. The first-order valence-corrected chi connectivity index (χ1v) is 9.28. The van der Waals surface area contributed by atoms with Crippen LogP contribution in [0.2, 0.25) is 0 Å². The molecule has 1 amide bonds. The highest BCUT2D eigenvalue weighted by Crippen LogP contribution is 2.26. The number of benzene rings is 1. The minimum absolute atomic E-state index is 0.0251. The van der Waals surface area contributed by atoms with Crippen LogP contribution in [0.15, 0.2) is 18.2 Å². The molecule has 0 radical (unpaired) electrons. The van der Waals surface area contributed by atoms with Crippen molar-refractivity contribution in [1.82, 2.24) is 0 Å². The fourth-order valence-corrected chi connectivity index (χ4v) is 3.82. The summed E-state index contributed by atoms with van der Waals surface area (Å²) in [7, 11) is -3.40. The predicted molar refractivity (Wildman–Crippen MR) is 85.4 cm³/mol. The summed E-state index contributed by atoms with van der Waals surface area (Å²) in [5.74, 6) is -1.64. The zero-order chi connectivity index (χ0) is 16.2. The van der Waals surface area contributed by atoms with Gasteiger partial charge in [-0.15, -0.1) is 0 Å². The predicted octanol–water partition coefficient (Wildman–Crippen LogP) is 2.19. The first-order valence-electron chi connectivity index (χ1n) is 7.46. The van der Waals surface area contributed by atoms with Crippen LogP contribution in [-0.2, 0) is 14.6 Å². The minimum Gasteiger partial charge on any atom is -0.369 e. The molecule has 0 bridgehead atoms. The first kappa shape index (κ1) is 16.7. The molecule has 1 fully saturated rings. The van der Waals surface area contributed by atoms with Crippen LogP contribution in [0.1, 0.15) is 26.2 Å². The third kappa shape index (κ3) is 4.43. The molecule has 1 heterocycles. The molecule has 1 aliphatic heterocycles. The van der Waals surface area contributed by atoms with Gasteiger partial charge >= 0.3 is 0 Å². The Labute approximate surface area is 130 Å². The molecule has 1 aromatic rings. The topological polar surface area (TPSA) is 66.5 Å². The maximum absolute atomic E-state index is 14.1. The molecule has 0 atom stereocenters. The van der Waals surface area contributed by atoms with Gasteiger partial charge in [0.05, 0.1) is 11.4 Å². The maximum Gasteiger partial charge on any atom is 0.239 e. The van der Waals surface area contributed by atoms with Crippen molar-refractivity contribution < 1.29 is 17.6 Å². The van der Waals surface area contributed by atoms with Gasteiger partial charge < -0.3 is 10.2 Å². The summed E-state index contributed by atoms with van der Waals surface area (Å²) in [4.78, 5) is 13.7. The third-order valence-electron chi connectivity index (χ3n) is 3.54. The van der Waals surface area contributed by atoms with Gasteiger partial charge in [-0.3, -0.25) is 4.79 Å². The van der Waals surface area contributed by atoms with Gasteiger partial charge in [0.2, 0.25) is 5.91 Å². The fourth-order valence-electron chi connectivity index (χ4n) is 2.58. The van der Waals surface area contributed by atoms with Crippen LogP contribution in [0.4, 0.5) is 15.8 Å². The second-order valence-electron chi connectivity index (χ2n) is 5.50. The third-order valence-corrected chi connectivity index (χ3v) is 5.28. The lowest BCUT2D eigenvalue weighted by Crippen LogP contribution is -2.24. The normalized spacial score (nSPS) is 15.1. The maximum atomic E-state index is 14.1. The lowest BCUT2D eigenvalue weighted by Gasteiger charge is -2.18. The summed E-state index contributed by atoms with van der Waals surface area (Å²) in [6.07, 6.45) is 2.56. The number of nitrogens with zero attached hydrogens (tertiary/aromatic N) is 1. The smallest absolute Gasteiger partial charge is 0.239 e. The molecule has 0 unspecified atom stereocenters. The van der Waals surface area contributed by atoms with Gasteiger partial charge in [0.15, 0.2) is 9.84 Å². The van der Waals surface area contributed by atoms with Crippen molar-refractivity contribution in [3.05, 3.63) is 24.0 Å². The number of anilines is 2. The van der Waals surface area contributed by atoms with Gasteiger partial charge in [-0.25, -0.2) is 12.8 Å². The summed E-state index contributed by atoms with van der Waals surface area (Å²) in [6, 6.07) is 4.45. The van der Waals surface area contributed by atoms with Crippen LogP contribution in [0, 0.1) is 5.82 Å². The summed E-state index contributed by atoms with van der Waals surface area (Å²) < 4.78 is 37.3. The van der Waals surface area contributed by atoms with Crippen LogP contribution in [-0.4, -0.2) is 38.9 Å². The Bertz CT molecular complexity index is 640. The zero-order valence-corrected chi connectivity index (χ0v) is 13.5. The van der Waals surface area contributed by atoms with Crippen LogP contribution in [0.5, 0.6) is 0 Å². The minimum atomic E-state index is -3.40. The summed E-state index contributed by atoms with van der Waals surface area (Å²) in [5, 5.41) is 2.44. The van der Waals surface area contributed by atoms with E-state index in [1.54, 1.807) is 19.1 Å². The molecule has 0 saturated carbocycles. The Kier molecular flexibility index (Phi) is 5.39. The molecule has 1 aromatic carbocycles. The van der Waals surface area contributed by atoms with Crippen LogP contribution in [0.25, 0.3) is 0 Å². The molecule has 1 saturated heterocycles. The Morgan fingerprint density at radius 1 is 1.32 bits per heavy atom. The molecule has 22 heavy (non-hydrogen) atoms. The monoisotopic (exact) mass is 328 g/mol. The number of carbonyl (C=O) groups is 1. The van der Waals surface area contributed by atoms with Crippen LogP contribution < -0.4 is 10.2 Å². The number of amides is 1. The number of carbonyl (C=O) groups excluding carboxylic acids is 1. The molecule has 0 aliphatic carbocycles. The average Bonchev–Trinajstić information content (AvgIpc) is 2.91. The van der Waals surface area contributed by atoms with E-state index in [-0.39, 0.29) is 11.4 Å². The van der Waals surface area contributed by atoms with E-state index in [2.05, 4.69) is 5.32 Å². The molecular formula is C15H21FN2O3S. The number of halogens is 1. The van der Waals surface area contributed by atoms with Gasteiger partial charge in [0.1, 0.15) is 11.6 Å². The van der Waals surface area contributed by atoms with Gasteiger partial charge in [0.25, 0.3) is 0 Å². The Hall–Kier alpha value is -1.63. The van der Waals surface area contributed by atoms with E-state index in [0.29, 0.717) is 12.1 Å². The standard InChI is InChI=1S/C15H21FN2O3S/c1-2-9-22(20,21)11-15(19)17-12-5-6-14(13(16)10-12)18-7-3-4-8-18/h5-6,10H,2-4,7-9,11H2,1H3,(H,17,19). The molecule has 1 N–H and O–H groups in total. The number of hydrogen-bond donors (Lipinski definition) is 1. The highest BCUT2D eigenvalue weighted by atomic mass is 32.2. The van der Waals surface area contributed by atoms with E-state index in [1.165, 1.54) is 6.07 Å². The number of nitrogens with one attached hydrogen (secondary N) is 1. The van der Waals surface area contributed by atoms with Gasteiger partial charge in [-0.1, -0.05) is 6.92 Å². The quantitative estimate of drug-likeness (QED) is 0.869. The zero-order valence-electron chi connectivity index (χ0n) is 12.6. The Morgan fingerprint density at radius 3 is 2.59 bits per heavy atom. The van der Waals surface area contributed by atoms with Crippen molar-refractivity contribution in [2.75, 3.05) is 34.8 Å². The van der Waals surface area contributed by atoms with Crippen molar-refractivity contribution >= 4 is 27.1 Å². The number of sulfone groups is 1.